The van der Waals surface area contributed by atoms with Crippen LogP contribution in [-0.2, 0) is 0 Å². The average Bonchev–Trinajstić information content (AvgIpc) is 2.11. The first-order valence-electron chi connectivity index (χ1n) is 4.18. The van der Waals surface area contributed by atoms with Gasteiger partial charge in [-0.05, 0) is 31.3 Å². The average molecular weight is 141 g/mol. The van der Waals surface area contributed by atoms with Crippen LogP contribution in [0.4, 0.5) is 0 Å². The Morgan fingerprint density at radius 1 is 1.30 bits per heavy atom. The summed E-state index contributed by atoms with van der Waals surface area (Å²) < 4.78 is 0. The molecule has 0 aromatic heterocycles. The molecule has 0 bridgehead atoms. The van der Waals surface area contributed by atoms with Crippen LogP contribution in [-0.4, -0.2) is 25.0 Å². The Balaban J connectivity index is 2.45. The Labute approximate surface area is 64.4 Å². The van der Waals surface area contributed by atoms with Crippen molar-refractivity contribution in [2.45, 2.75) is 27.2 Å². The first-order chi connectivity index (χ1) is 4.50. The zero-order valence-electron chi connectivity index (χ0n) is 7.65. The van der Waals surface area contributed by atoms with Crippen molar-refractivity contribution >= 4 is 0 Å². The monoisotopic (exact) mass is 141 g/mol. The van der Waals surface area contributed by atoms with Gasteiger partial charge in [-0.3, -0.25) is 0 Å². The highest BCUT2D eigenvalue weighted by Crippen LogP contribution is 2.32. The molecule has 0 aromatic rings. The summed E-state index contributed by atoms with van der Waals surface area (Å²) in [6, 6.07) is 0. The predicted molar refractivity (Wildman–Crippen MR) is 45.1 cm³/mol. The van der Waals surface area contributed by atoms with Crippen LogP contribution >= 0.6 is 0 Å². The van der Waals surface area contributed by atoms with Crippen molar-refractivity contribution in [3.05, 3.63) is 0 Å². The molecule has 0 unspecified atom stereocenters. The second kappa shape index (κ2) is 2.54. The summed E-state index contributed by atoms with van der Waals surface area (Å²) >= 11 is 0. The number of nitrogens with zero attached hydrogens (tertiary/aromatic N) is 1. The molecular formula is C9H19N. The van der Waals surface area contributed by atoms with Crippen LogP contribution in [0.2, 0.25) is 0 Å². The van der Waals surface area contributed by atoms with E-state index in [1.54, 1.807) is 0 Å². The summed E-state index contributed by atoms with van der Waals surface area (Å²) in [5.41, 5.74) is 0.519. The number of hydrogen-bond acceptors (Lipinski definition) is 1. The molecule has 0 N–H and O–H groups in total. The molecule has 0 saturated carbocycles. The van der Waals surface area contributed by atoms with Crippen LogP contribution in [0.25, 0.3) is 0 Å². The third kappa shape index (κ3) is 1.72. The standard InChI is InChI=1S/C9H19N/c1-9(2,3)8-5-6-10(4)7-8/h8H,5-7H2,1-4H3/t8-/m1/s1. The third-order valence-electron chi connectivity index (χ3n) is 2.62. The lowest BCUT2D eigenvalue weighted by Gasteiger charge is -2.26. The van der Waals surface area contributed by atoms with Gasteiger partial charge in [0.1, 0.15) is 0 Å². The van der Waals surface area contributed by atoms with Gasteiger partial charge in [0.05, 0.1) is 0 Å². The van der Waals surface area contributed by atoms with Gasteiger partial charge >= 0.3 is 0 Å². The number of hydrogen-bond donors (Lipinski definition) is 0. The number of rotatable bonds is 0. The van der Waals surface area contributed by atoms with Gasteiger partial charge in [-0.1, -0.05) is 20.8 Å². The minimum Gasteiger partial charge on any atom is -0.306 e. The van der Waals surface area contributed by atoms with Gasteiger partial charge in [0.15, 0.2) is 0 Å². The lowest BCUT2D eigenvalue weighted by molar-refractivity contribution is 0.241. The SMILES string of the molecule is CN1CC[C@@H](C(C)(C)C)C1. The molecule has 1 fully saturated rings. The summed E-state index contributed by atoms with van der Waals surface area (Å²) in [6.45, 7) is 9.62. The van der Waals surface area contributed by atoms with E-state index < -0.39 is 0 Å². The molecule has 0 spiro atoms. The predicted octanol–water partition coefficient (Wildman–Crippen LogP) is 1.98. The van der Waals surface area contributed by atoms with Crippen LogP contribution in [0.5, 0.6) is 0 Å². The Kier molecular flexibility index (Phi) is 2.04. The molecule has 1 aliphatic rings. The zero-order chi connectivity index (χ0) is 7.78. The molecule has 1 aliphatic heterocycles. The lowest BCUT2D eigenvalue weighted by atomic mass is 9.80. The fourth-order valence-electron chi connectivity index (χ4n) is 1.64. The van der Waals surface area contributed by atoms with Gasteiger partial charge in [-0.15, -0.1) is 0 Å². The van der Waals surface area contributed by atoms with Crippen LogP contribution in [0.15, 0.2) is 0 Å². The van der Waals surface area contributed by atoms with Crippen LogP contribution in [0, 0.1) is 11.3 Å². The van der Waals surface area contributed by atoms with E-state index in [2.05, 4.69) is 32.7 Å². The van der Waals surface area contributed by atoms with E-state index >= 15 is 0 Å². The van der Waals surface area contributed by atoms with E-state index in [4.69, 9.17) is 0 Å². The van der Waals surface area contributed by atoms with Crippen LogP contribution < -0.4 is 0 Å². The number of likely N-dealkylation sites (tertiary alicyclic amines) is 1. The zero-order valence-corrected chi connectivity index (χ0v) is 7.65. The van der Waals surface area contributed by atoms with Crippen molar-refractivity contribution in [3.8, 4) is 0 Å². The molecule has 0 radical (unpaired) electrons. The molecule has 1 saturated heterocycles. The van der Waals surface area contributed by atoms with Crippen LogP contribution in [0.1, 0.15) is 27.2 Å². The maximum Gasteiger partial charge on any atom is 0.00121 e. The van der Waals surface area contributed by atoms with Crippen molar-refractivity contribution in [3.63, 3.8) is 0 Å². The Morgan fingerprint density at radius 3 is 2.10 bits per heavy atom. The third-order valence-corrected chi connectivity index (χ3v) is 2.62. The minimum atomic E-state index is 0.519. The quantitative estimate of drug-likeness (QED) is 0.498. The molecule has 1 nitrogen and oxygen atoms in total. The normalized spacial score (nSPS) is 29.4. The Bertz CT molecular complexity index is 112. The molecule has 0 aliphatic carbocycles. The topological polar surface area (TPSA) is 3.24 Å². The van der Waals surface area contributed by atoms with Gasteiger partial charge in [0.2, 0.25) is 0 Å². The van der Waals surface area contributed by atoms with E-state index in [1.165, 1.54) is 19.5 Å². The summed E-state index contributed by atoms with van der Waals surface area (Å²) in [5.74, 6) is 0.914. The Morgan fingerprint density at radius 2 is 1.90 bits per heavy atom. The maximum atomic E-state index is 2.43. The van der Waals surface area contributed by atoms with Gasteiger partial charge in [-0.2, -0.15) is 0 Å². The van der Waals surface area contributed by atoms with E-state index in [9.17, 15) is 0 Å². The fraction of sp³-hybridized carbons (Fsp3) is 1.00. The molecule has 1 heteroatoms. The molecule has 1 heterocycles. The highest BCUT2D eigenvalue weighted by Gasteiger charge is 2.29. The summed E-state index contributed by atoms with van der Waals surface area (Å²) in [6.07, 6.45) is 1.39. The molecule has 10 heavy (non-hydrogen) atoms. The molecule has 0 amide bonds. The summed E-state index contributed by atoms with van der Waals surface area (Å²) in [5, 5.41) is 0. The molecule has 1 atom stereocenters. The molecular weight excluding hydrogens is 122 g/mol. The van der Waals surface area contributed by atoms with Crippen molar-refractivity contribution < 1.29 is 0 Å². The Hall–Kier alpha value is -0.0400. The van der Waals surface area contributed by atoms with Crippen molar-refractivity contribution in [1.29, 1.82) is 0 Å². The van der Waals surface area contributed by atoms with Gasteiger partial charge in [0.25, 0.3) is 0 Å². The molecule has 0 aromatic carbocycles. The highest BCUT2D eigenvalue weighted by molar-refractivity contribution is 4.81. The maximum absolute atomic E-state index is 2.43. The lowest BCUT2D eigenvalue weighted by Crippen LogP contribution is -2.23. The smallest absolute Gasteiger partial charge is 0.00121 e. The second-order valence-electron chi connectivity index (χ2n) is 4.61. The summed E-state index contributed by atoms with van der Waals surface area (Å²) in [7, 11) is 2.21. The van der Waals surface area contributed by atoms with E-state index in [0.717, 1.165) is 5.92 Å². The van der Waals surface area contributed by atoms with Gasteiger partial charge < -0.3 is 4.90 Å². The van der Waals surface area contributed by atoms with Gasteiger partial charge in [-0.25, -0.2) is 0 Å². The van der Waals surface area contributed by atoms with Crippen molar-refractivity contribution in [2.24, 2.45) is 11.3 Å². The van der Waals surface area contributed by atoms with Crippen molar-refractivity contribution in [1.82, 2.24) is 4.90 Å². The van der Waals surface area contributed by atoms with Crippen LogP contribution in [0.3, 0.4) is 0 Å². The first kappa shape index (κ1) is 8.06. The summed E-state index contributed by atoms with van der Waals surface area (Å²) in [4.78, 5) is 2.43. The fourth-order valence-corrected chi connectivity index (χ4v) is 1.64. The first-order valence-corrected chi connectivity index (χ1v) is 4.18. The molecule has 1 rings (SSSR count). The van der Waals surface area contributed by atoms with Crippen molar-refractivity contribution in [2.75, 3.05) is 20.1 Å². The van der Waals surface area contributed by atoms with E-state index in [1.807, 2.05) is 0 Å². The van der Waals surface area contributed by atoms with Gasteiger partial charge in [0, 0.05) is 6.54 Å². The second-order valence-corrected chi connectivity index (χ2v) is 4.61. The van der Waals surface area contributed by atoms with E-state index in [0.29, 0.717) is 5.41 Å². The minimum absolute atomic E-state index is 0.519. The molecule has 60 valence electrons. The highest BCUT2D eigenvalue weighted by atomic mass is 15.1. The van der Waals surface area contributed by atoms with E-state index in [-0.39, 0.29) is 0 Å². The largest absolute Gasteiger partial charge is 0.306 e.